The first-order chi connectivity index (χ1) is 9.75. The van der Waals surface area contributed by atoms with Crippen LogP contribution in [0.5, 0.6) is 0 Å². The predicted molar refractivity (Wildman–Crippen MR) is 83.9 cm³/mol. The highest BCUT2D eigenvalue weighted by molar-refractivity contribution is 7.90. The Kier molecular flexibility index (Phi) is 4.39. The zero-order chi connectivity index (χ0) is 15.8. The van der Waals surface area contributed by atoms with Gasteiger partial charge in [-0.05, 0) is 57.4 Å². The molecule has 116 valence electrons. The molecule has 6 heteroatoms. The van der Waals surface area contributed by atoms with Crippen molar-refractivity contribution in [2.24, 2.45) is 0 Å². The standard InChI is InChI=1S/C15H22N2O3S/c1-11(2)16(4)21(19,20)17-9-5-6-14-10-13(12(3)18)7-8-15(14)17/h7-8,10-11H,5-6,9H2,1-4H3. The Morgan fingerprint density at radius 3 is 2.57 bits per heavy atom. The highest BCUT2D eigenvalue weighted by Gasteiger charge is 2.32. The Balaban J connectivity index is 2.46. The summed E-state index contributed by atoms with van der Waals surface area (Å²) in [5, 5.41) is 0. The van der Waals surface area contributed by atoms with Crippen LogP contribution in [-0.4, -0.2) is 38.1 Å². The Morgan fingerprint density at radius 2 is 2.00 bits per heavy atom. The van der Waals surface area contributed by atoms with Gasteiger partial charge in [0.25, 0.3) is 0 Å². The first-order valence-electron chi connectivity index (χ1n) is 7.14. The maximum Gasteiger partial charge on any atom is 0.304 e. The average molecular weight is 310 g/mol. The smallest absolute Gasteiger partial charge is 0.295 e. The van der Waals surface area contributed by atoms with Gasteiger partial charge in [0.05, 0.1) is 5.69 Å². The molecule has 2 rings (SSSR count). The first kappa shape index (κ1) is 16.0. The summed E-state index contributed by atoms with van der Waals surface area (Å²) in [5.41, 5.74) is 2.25. The van der Waals surface area contributed by atoms with E-state index < -0.39 is 10.2 Å². The van der Waals surface area contributed by atoms with E-state index in [9.17, 15) is 13.2 Å². The zero-order valence-electron chi connectivity index (χ0n) is 13.0. The number of anilines is 1. The number of carbonyl (C=O) groups excluding carboxylic acids is 1. The fourth-order valence-electron chi connectivity index (χ4n) is 2.44. The highest BCUT2D eigenvalue weighted by Crippen LogP contribution is 2.31. The predicted octanol–water partition coefficient (Wildman–Crippen LogP) is 2.23. The van der Waals surface area contributed by atoms with E-state index in [2.05, 4.69) is 0 Å². The van der Waals surface area contributed by atoms with Crippen molar-refractivity contribution in [2.45, 2.75) is 39.7 Å². The normalized spacial score (nSPS) is 15.4. The van der Waals surface area contributed by atoms with Crippen LogP contribution in [0.1, 0.15) is 43.1 Å². The summed E-state index contributed by atoms with van der Waals surface area (Å²) in [6.45, 7) is 5.69. The van der Waals surface area contributed by atoms with Crippen molar-refractivity contribution in [2.75, 3.05) is 17.9 Å². The van der Waals surface area contributed by atoms with Crippen LogP contribution >= 0.6 is 0 Å². The minimum atomic E-state index is -3.53. The molecule has 0 N–H and O–H groups in total. The van der Waals surface area contributed by atoms with Gasteiger partial charge in [0.2, 0.25) is 0 Å². The van der Waals surface area contributed by atoms with Gasteiger partial charge in [-0.2, -0.15) is 12.7 Å². The second-order valence-electron chi connectivity index (χ2n) is 5.69. The zero-order valence-corrected chi connectivity index (χ0v) is 13.8. The van der Waals surface area contributed by atoms with Crippen molar-refractivity contribution in [3.63, 3.8) is 0 Å². The third kappa shape index (κ3) is 2.96. The van der Waals surface area contributed by atoms with Crippen LogP contribution in [0.2, 0.25) is 0 Å². The van der Waals surface area contributed by atoms with Crippen LogP contribution in [0.3, 0.4) is 0 Å². The number of ketones is 1. The molecule has 0 atom stereocenters. The molecule has 0 spiro atoms. The van der Waals surface area contributed by atoms with Gasteiger partial charge in [-0.1, -0.05) is 0 Å². The lowest BCUT2D eigenvalue weighted by molar-refractivity contribution is 0.101. The molecule has 0 aromatic heterocycles. The maximum atomic E-state index is 12.7. The third-order valence-electron chi connectivity index (χ3n) is 3.93. The van der Waals surface area contributed by atoms with Crippen molar-refractivity contribution in [3.8, 4) is 0 Å². The van der Waals surface area contributed by atoms with Crippen LogP contribution in [0, 0.1) is 0 Å². The quantitative estimate of drug-likeness (QED) is 0.801. The van der Waals surface area contributed by atoms with Crippen LogP contribution < -0.4 is 4.31 Å². The van der Waals surface area contributed by atoms with E-state index in [4.69, 9.17) is 0 Å². The molecule has 1 heterocycles. The molecular weight excluding hydrogens is 288 g/mol. The molecule has 0 saturated carbocycles. The van der Waals surface area contributed by atoms with E-state index in [-0.39, 0.29) is 11.8 Å². The molecule has 0 unspecified atom stereocenters. The summed E-state index contributed by atoms with van der Waals surface area (Å²) in [4.78, 5) is 11.5. The van der Waals surface area contributed by atoms with E-state index in [1.54, 1.807) is 19.2 Å². The van der Waals surface area contributed by atoms with Crippen molar-refractivity contribution < 1.29 is 13.2 Å². The SMILES string of the molecule is CC(=O)c1ccc2c(c1)CCCN2S(=O)(=O)N(C)C(C)C. The lowest BCUT2D eigenvalue weighted by atomic mass is 9.99. The summed E-state index contributed by atoms with van der Waals surface area (Å²) in [7, 11) is -1.93. The van der Waals surface area contributed by atoms with E-state index in [0.29, 0.717) is 17.8 Å². The fourth-order valence-corrected chi connectivity index (χ4v) is 4.07. The summed E-state index contributed by atoms with van der Waals surface area (Å²) in [6.07, 6.45) is 1.56. The summed E-state index contributed by atoms with van der Waals surface area (Å²) in [6, 6.07) is 5.16. The van der Waals surface area contributed by atoms with E-state index >= 15 is 0 Å². The van der Waals surface area contributed by atoms with Crippen molar-refractivity contribution in [3.05, 3.63) is 29.3 Å². The minimum absolute atomic E-state index is 0.00270. The molecule has 1 aliphatic rings. The Hall–Kier alpha value is -1.40. The molecule has 0 radical (unpaired) electrons. The van der Waals surface area contributed by atoms with Crippen molar-refractivity contribution in [1.82, 2.24) is 4.31 Å². The maximum absolute atomic E-state index is 12.7. The molecule has 21 heavy (non-hydrogen) atoms. The van der Waals surface area contributed by atoms with E-state index in [1.165, 1.54) is 15.5 Å². The van der Waals surface area contributed by atoms with Crippen LogP contribution in [0.25, 0.3) is 0 Å². The van der Waals surface area contributed by atoms with Crippen LogP contribution in [0.15, 0.2) is 18.2 Å². The van der Waals surface area contributed by atoms with Gasteiger partial charge < -0.3 is 0 Å². The number of nitrogens with zero attached hydrogens (tertiary/aromatic N) is 2. The number of hydrogen-bond donors (Lipinski definition) is 0. The molecule has 0 aliphatic carbocycles. The van der Waals surface area contributed by atoms with Crippen molar-refractivity contribution >= 4 is 21.7 Å². The van der Waals surface area contributed by atoms with Crippen LogP contribution in [0.4, 0.5) is 5.69 Å². The largest absolute Gasteiger partial charge is 0.304 e. The molecule has 1 aromatic rings. The van der Waals surface area contributed by atoms with Gasteiger partial charge in [0.15, 0.2) is 5.78 Å². The summed E-state index contributed by atoms with van der Waals surface area (Å²) in [5.74, 6) is -0.00270. The number of benzene rings is 1. The van der Waals surface area contributed by atoms with Crippen LogP contribution in [-0.2, 0) is 16.6 Å². The van der Waals surface area contributed by atoms with Gasteiger partial charge in [0, 0.05) is 25.2 Å². The number of rotatable bonds is 4. The fraction of sp³-hybridized carbons (Fsp3) is 0.533. The molecule has 1 aliphatic heterocycles. The number of hydrogen-bond acceptors (Lipinski definition) is 3. The number of carbonyl (C=O) groups is 1. The third-order valence-corrected chi connectivity index (χ3v) is 6.02. The number of fused-ring (bicyclic) bond motifs is 1. The molecule has 0 bridgehead atoms. The average Bonchev–Trinajstić information content (AvgIpc) is 2.44. The molecule has 0 amide bonds. The number of aryl methyl sites for hydroxylation is 1. The van der Waals surface area contributed by atoms with Gasteiger partial charge in [-0.15, -0.1) is 0 Å². The molecule has 0 saturated heterocycles. The van der Waals surface area contributed by atoms with E-state index in [1.807, 2.05) is 19.9 Å². The number of Topliss-reactive ketones (excluding diaryl/α,β-unsaturated/α-hetero) is 1. The lowest BCUT2D eigenvalue weighted by Crippen LogP contribution is -2.46. The second kappa shape index (κ2) is 5.77. The van der Waals surface area contributed by atoms with Gasteiger partial charge in [-0.25, -0.2) is 0 Å². The minimum Gasteiger partial charge on any atom is -0.295 e. The monoisotopic (exact) mass is 310 g/mol. The van der Waals surface area contributed by atoms with Gasteiger partial charge >= 0.3 is 10.2 Å². The highest BCUT2D eigenvalue weighted by atomic mass is 32.2. The lowest BCUT2D eigenvalue weighted by Gasteiger charge is -2.35. The Bertz CT molecular complexity index is 653. The molecule has 0 fully saturated rings. The topological polar surface area (TPSA) is 57.7 Å². The Labute approximate surface area is 126 Å². The Morgan fingerprint density at radius 1 is 1.33 bits per heavy atom. The van der Waals surface area contributed by atoms with E-state index in [0.717, 1.165) is 18.4 Å². The molecule has 5 nitrogen and oxygen atoms in total. The second-order valence-corrected chi connectivity index (χ2v) is 7.61. The first-order valence-corrected chi connectivity index (χ1v) is 8.54. The van der Waals surface area contributed by atoms with Gasteiger partial charge in [0.1, 0.15) is 0 Å². The molecular formula is C15H22N2O3S. The summed E-state index contributed by atoms with van der Waals surface area (Å²) >= 11 is 0. The van der Waals surface area contributed by atoms with Crippen molar-refractivity contribution in [1.29, 1.82) is 0 Å². The van der Waals surface area contributed by atoms with Gasteiger partial charge in [-0.3, -0.25) is 9.10 Å². The molecule has 1 aromatic carbocycles. The summed E-state index contributed by atoms with van der Waals surface area (Å²) < 4.78 is 28.2.